The molecule has 1 N–H and O–H groups in total. The molecule has 0 bridgehead atoms. The van der Waals surface area contributed by atoms with Crippen LogP contribution in [0, 0.1) is 13.8 Å². The Bertz CT molecular complexity index is 964. The van der Waals surface area contributed by atoms with E-state index in [0.717, 1.165) is 33.9 Å². The van der Waals surface area contributed by atoms with Gasteiger partial charge in [0.1, 0.15) is 4.90 Å². The van der Waals surface area contributed by atoms with Crippen LogP contribution in [-0.2, 0) is 22.9 Å². The van der Waals surface area contributed by atoms with Gasteiger partial charge in [-0.25, -0.2) is 8.42 Å². The average Bonchev–Trinajstić information content (AvgIpc) is 2.93. The molecule has 4 nitrogen and oxygen atoms in total. The van der Waals surface area contributed by atoms with Gasteiger partial charge < -0.3 is 0 Å². The highest BCUT2D eigenvalue weighted by molar-refractivity contribution is 7.93. The van der Waals surface area contributed by atoms with Crippen LogP contribution in [0.3, 0.4) is 0 Å². The van der Waals surface area contributed by atoms with E-state index in [1.807, 2.05) is 50.2 Å². The van der Waals surface area contributed by atoms with Gasteiger partial charge in [-0.2, -0.15) is 0 Å². The predicted molar refractivity (Wildman–Crippen MR) is 103 cm³/mol. The first kappa shape index (κ1) is 17.6. The molecule has 0 aliphatic carbocycles. The minimum Gasteiger partial charge on any atom is -0.280 e. The van der Waals surface area contributed by atoms with E-state index < -0.39 is 10.0 Å². The fourth-order valence-corrected chi connectivity index (χ4v) is 5.30. The molecule has 0 saturated carbocycles. The molecule has 0 atom stereocenters. The van der Waals surface area contributed by atoms with Gasteiger partial charge in [-0.3, -0.25) is 9.71 Å². The van der Waals surface area contributed by atoms with Gasteiger partial charge in [0.15, 0.2) is 0 Å². The third kappa shape index (κ3) is 4.46. The number of thiophene rings is 1. The first-order valence-electron chi connectivity index (χ1n) is 8.03. The van der Waals surface area contributed by atoms with Gasteiger partial charge >= 0.3 is 0 Å². The molecule has 2 aromatic heterocycles. The number of anilines is 1. The van der Waals surface area contributed by atoms with Gasteiger partial charge in [-0.05, 0) is 62.6 Å². The number of rotatable bonds is 6. The Kier molecular flexibility index (Phi) is 5.20. The van der Waals surface area contributed by atoms with E-state index in [2.05, 4.69) is 9.71 Å². The molecular weight excluding hydrogens is 352 g/mol. The minimum absolute atomic E-state index is 0.355. The molecule has 3 rings (SSSR count). The van der Waals surface area contributed by atoms with Gasteiger partial charge in [-0.1, -0.05) is 18.2 Å². The molecule has 2 heterocycles. The van der Waals surface area contributed by atoms with Gasteiger partial charge in [0.05, 0.1) is 0 Å². The van der Waals surface area contributed by atoms with Crippen LogP contribution in [0.5, 0.6) is 0 Å². The monoisotopic (exact) mass is 372 g/mol. The van der Waals surface area contributed by atoms with Crippen LogP contribution in [0.1, 0.15) is 21.0 Å². The van der Waals surface area contributed by atoms with Crippen LogP contribution >= 0.6 is 11.3 Å². The minimum atomic E-state index is -3.56. The predicted octanol–water partition coefficient (Wildman–Crippen LogP) is 4.35. The van der Waals surface area contributed by atoms with Crippen molar-refractivity contribution in [2.75, 3.05) is 4.72 Å². The average molecular weight is 373 g/mol. The Labute approximate surface area is 152 Å². The maximum Gasteiger partial charge on any atom is 0.262 e. The summed E-state index contributed by atoms with van der Waals surface area (Å²) in [5.41, 5.74) is 2.68. The zero-order valence-corrected chi connectivity index (χ0v) is 15.8. The van der Waals surface area contributed by atoms with Crippen molar-refractivity contribution in [3.8, 4) is 0 Å². The molecule has 0 aliphatic heterocycles. The normalized spacial score (nSPS) is 11.4. The van der Waals surface area contributed by atoms with Crippen molar-refractivity contribution >= 4 is 27.0 Å². The van der Waals surface area contributed by atoms with Crippen molar-refractivity contribution in [2.45, 2.75) is 31.6 Å². The number of sulfonamides is 1. The molecule has 0 amide bonds. The largest absolute Gasteiger partial charge is 0.280 e. The maximum absolute atomic E-state index is 12.6. The lowest BCUT2D eigenvalue weighted by atomic mass is 10.1. The molecule has 25 heavy (non-hydrogen) atoms. The molecule has 0 saturated heterocycles. The molecule has 1 aromatic carbocycles. The second-order valence-corrected chi connectivity index (χ2v) is 9.02. The second kappa shape index (κ2) is 7.37. The summed E-state index contributed by atoms with van der Waals surface area (Å²) in [5, 5.41) is 0. The van der Waals surface area contributed by atoms with E-state index in [0.29, 0.717) is 10.6 Å². The quantitative estimate of drug-likeness (QED) is 0.700. The van der Waals surface area contributed by atoms with Crippen LogP contribution in [-0.4, -0.2) is 13.4 Å². The van der Waals surface area contributed by atoms with E-state index in [9.17, 15) is 8.42 Å². The van der Waals surface area contributed by atoms with Crippen molar-refractivity contribution in [1.29, 1.82) is 0 Å². The second-order valence-electron chi connectivity index (χ2n) is 5.90. The van der Waals surface area contributed by atoms with E-state index in [1.54, 1.807) is 18.3 Å². The summed E-state index contributed by atoms with van der Waals surface area (Å²) >= 11 is 1.49. The van der Waals surface area contributed by atoms with Gasteiger partial charge in [0.25, 0.3) is 10.0 Å². The Hall–Kier alpha value is -2.18. The highest BCUT2D eigenvalue weighted by Gasteiger charge is 2.19. The molecule has 0 spiro atoms. The fraction of sp³-hybridized carbons (Fsp3) is 0.211. The van der Waals surface area contributed by atoms with Crippen LogP contribution in [0.4, 0.5) is 5.69 Å². The number of hydrogen-bond donors (Lipinski definition) is 1. The van der Waals surface area contributed by atoms with Crippen molar-refractivity contribution in [2.24, 2.45) is 0 Å². The van der Waals surface area contributed by atoms with Gasteiger partial charge in [0, 0.05) is 27.3 Å². The lowest BCUT2D eigenvalue weighted by Gasteiger charge is -2.09. The SMILES string of the molecule is Cc1cc(S(=O)(=O)Nc2cccc(CCc3ccccn3)c2)c(C)s1. The summed E-state index contributed by atoms with van der Waals surface area (Å²) in [6.07, 6.45) is 3.41. The highest BCUT2D eigenvalue weighted by atomic mass is 32.2. The smallest absolute Gasteiger partial charge is 0.262 e. The van der Waals surface area contributed by atoms with Crippen LogP contribution in [0.2, 0.25) is 0 Å². The number of aromatic nitrogens is 1. The Morgan fingerprint density at radius 2 is 1.88 bits per heavy atom. The van der Waals surface area contributed by atoms with Crippen molar-refractivity contribution in [1.82, 2.24) is 4.98 Å². The van der Waals surface area contributed by atoms with Crippen molar-refractivity contribution in [3.63, 3.8) is 0 Å². The summed E-state index contributed by atoms with van der Waals surface area (Å²) in [6.45, 7) is 3.74. The zero-order valence-electron chi connectivity index (χ0n) is 14.2. The standard InChI is InChI=1S/C19H20N2O2S2/c1-14-12-19(15(2)24-14)25(22,23)21-18-8-5-6-16(13-18)9-10-17-7-3-4-11-20-17/h3-8,11-13,21H,9-10H2,1-2H3. The lowest BCUT2D eigenvalue weighted by molar-refractivity contribution is 0.601. The molecule has 0 aliphatic rings. The third-order valence-electron chi connectivity index (χ3n) is 3.86. The first-order chi connectivity index (χ1) is 11.9. The van der Waals surface area contributed by atoms with Crippen LogP contribution < -0.4 is 4.72 Å². The fourth-order valence-electron chi connectivity index (χ4n) is 2.69. The Balaban J connectivity index is 1.74. The van der Waals surface area contributed by atoms with E-state index >= 15 is 0 Å². The van der Waals surface area contributed by atoms with Crippen LogP contribution in [0.25, 0.3) is 0 Å². The summed E-state index contributed by atoms with van der Waals surface area (Å²) in [7, 11) is -3.56. The summed E-state index contributed by atoms with van der Waals surface area (Å²) in [4.78, 5) is 6.46. The third-order valence-corrected chi connectivity index (χ3v) is 6.46. The Morgan fingerprint density at radius 1 is 1.04 bits per heavy atom. The number of nitrogens with one attached hydrogen (secondary N) is 1. The highest BCUT2D eigenvalue weighted by Crippen LogP contribution is 2.27. The van der Waals surface area contributed by atoms with E-state index in [4.69, 9.17) is 0 Å². The Morgan fingerprint density at radius 3 is 2.56 bits per heavy atom. The lowest BCUT2D eigenvalue weighted by Crippen LogP contribution is -2.13. The topological polar surface area (TPSA) is 59.1 Å². The van der Waals surface area contributed by atoms with E-state index in [1.165, 1.54) is 11.3 Å². The van der Waals surface area contributed by atoms with Crippen molar-refractivity contribution < 1.29 is 8.42 Å². The summed E-state index contributed by atoms with van der Waals surface area (Å²) in [6, 6.07) is 15.1. The zero-order chi connectivity index (χ0) is 17.9. The molecule has 6 heteroatoms. The summed E-state index contributed by atoms with van der Waals surface area (Å²) < 4.78 is 27.9. The van der Waals surface area contributed by atoms with E-state index in [-0.39, 0.29) is 0 Å². The van der Waals surface area contributed by atoms with Gasteiger partial charge in [0.2, 0.25) is 0 Å². The summed E-state index contributed by atoms with van der Waals surface area (Å²) in [5.74, 6) is 0. The maximum atomic E-state index is 12.6. The van der Waals surface area contributed by atoms with Crippen LogP contribution in [0.15, 0.2) is 59.6 Å². The molecule has 0 unspecified atom stereocenters. The number of aryl methyl sites for hydroxylation is 4. The number of hydrogen-bond acceptors (Lipinski definition) is 4. The molecule has 0 fully saturated rings. The first-order valence-corrected chi connectivity index (χ1v) is 10.3. The molecule has 3 aromatic rings. The van der Waals surface area contributed by atoms with Crippen molar-refractivity contribution in [3.05, 3.63) is 75.7 Å². The number of benzene rings is 1. The number of nitrogens with zero attached hydrogens (tertiary/aromatic N) is 1. The molecular formula is C19H20N2O2S2. The molecule has 0 radical (unpaired) electrons. The van der Waals surface area contributed by atoms with Gasteiger partial charge in [-0.15, -0.1) is 11.3 Å². The molecule has 130 valence electrons. The number of pyridine rings is 1.